The Hall–Kier alpha value is -1.13. The van der Waals surface area contributed by atoms with Gasteiger partial charge in [0.25, 0.3) is 0 Å². The van der Waals surface area contributed by atoms with Gasteiger partial charge in [-0.1, -0.05) is 32.9 Å². The summed E-state index contributed by atoms with van der Waals surface area (Å²) in [6.07, 6.45) is 0. The molecule has 2 nitrogen and oxygen atoms in total. The minimum absolute atomic E-state index is 0.00654. The van der Waals surface area contributed by atoms with Crippen molar-refractivity contribution in [1.29, 1.82) is 0 Å². The zero-order valence-corrected chi connectivity index (χ0v) is 15.1. The molecule has 1 aromatic carbocycles. The first kappa shape index (κ1) is 16.2. The van der Waals surface area contributed by atoms with E-state index in [9.17, 15) is 4.79 Å². The lowest BCUT2D eigenvalue weighted by Crippen LogP contribution is -2.16. The fourth-order valence-corrected chi connectivity index (χ4v) is 3.36. The number of benzene rings is 1. The van der Waals surface area contributed by atoms with Gasteiger partial charge in [-0.05, 0) is 57.6 Å². The predicted octanol–water partition coefficient (Wildman–Crippen LogP) is 5.38. The molecule has 0 unspecified atom stereocenters. The molecule has 0 amide bonds. The molecular weight excluding hydrogens is 348 g/mol. The quantitative estimate of drug-likeness (QED) is 0.679. The number of rotatable bonds is 4. The number of hydrogen-bond donors (Lipinski definition) is 0. The number of thiophene rings is 1. The lowest BCUT2D eigenvalue weighted by molar-refractivity contribution is 0.0924. The second-order valence-corrected chi connectivity index (χ2v) is 8.53. The second-order valence-electron chi connectivity index (χ2n) is 6.07. The molecule has 112 valence electrons. The van der Waals surface area contributed by atoms with E-state index in [1.54, 1.807) is 0 Å². The summed E-state index contributed by atoms with van der Waals surface area (Å²) in [6, 6.07) is 9.85. The average molecular weight is 367 g/mol. The number of Topliss-reactive ketones (excluding diaryl/α,β-unsaturated/α-hetero) is 1. The largest absolute Gasteiger partial charge is 0.485 e. The number of ketones is 1. The Labute approximate surface area is 138 Å². The third-order valence-electron chi connectivity index (χ3n) is 3.15. The van der Waals surface area contributed by atoms with Crippen LogP contribution in [0.15, 0.2) is 34.1 Å². The maximum absolute atomic E-state index is 12.1. The molecule has 0 fully saturated rings. The van der Waals surface area contributed by atoms with Gasteiger partial charge in [0, 0.05) is 0 Å². The van der Waals surface area contributed by atoms with Crippen molar-refractivity contribution < 1.29 is 9.53 Å². The summed E-state index contributed by atoms with van der Waals surface area (Å²) in [4.78, 5) is 12.9. The Morgan fingerprint density at radius 3 is 2.52 bits per heavy atom. The van der Waals surface area contributed by atoms with Crippen molar-refractivity contribution in [3.8, 4) is 5.75 Å². The second kappa shape index (κ2) is 6.32. The summed E-state index contributed by atoms with van der Waals surface area (Å²) in [5.74, 6) is 0.804. The van der Waals surface area contributed by atoms with Crippen LogP contribution >= 0.6 is 27.3 Å². The number of ether oxygens (including phenoxy) is 1. The van der Waals surface area contributed by atoms with Crippen LogP contribution in [-0.4, -0.2) is 12.4 Å². The Morgan fingerprint density at radius 2 is 1.95 bits per heavy atom. The van der Waals surface area contributed by atoms with Gasteiger partial charge >= 0.3 is 0 Å². The molecule has 1 heterocycles. The highest BCUT2D eigenvalue weighted by atomic mass is 79.9. The Bertz CT molecular complexity index is 653. The molecule has 0 saturated carbocycles. The summed E-state index contributed by atoms with van der Waals surface area (Å²) < 4.78 is 6.77. The third kappa shape index (κ3) is 4.17. The molecule has 0 atom stereocenters. The highest BCUT2D eigenvalue weighted by Crippen LogP contribution is 2.32. The van der Waals surface area contributed by atoms with Crippen LogP contribution in [0.5, 0.6) is 5.75 Å². The SMILES string of the molecule is Cc1ccc(C(C)(C)C)c(OCC(=O)c2ccc(Br)s2)c1. The standard InChI is InChI=1S/C17H19BrO2S/c1-11-5-6-12(17(2,3)4)14(9-11)20-10-13(19)15-7-8-16(18)21-15/h5-9H,10H2,1-4H3. The summed E-state index contributed by atoms with van der Waals surface area (Å²) >= 11 is 4.80. The van der Waals surface area contributed by atoms with E-state index in [1.165, 1.54) is 11.3 Å². The molecule has 0 spiro atoms. The number of aryl methyl sites for hydroxylation is 1. The van der Waals surface area contributed by atoms with Gasteiger partial charge < -0.3 is 4.74 Å². The maximum Gasteiger partial charge on any atom is 0.210 e. The van der Waals surface area contributed by atoms with Crippen molar-refractivity contribution in [2.45, 2.75) is 33.1 Å². The predicted molar refractivity (Wildman–Crippen MR) is 91.7 cm³/mol. The molecule has 0 saturated heterocycles. The smallest absolute Gasteiger partial charge is 0.210 e. The number of hydrogen-bond acceptors (Lipinski definition) is 3. The van der Waals surface area contributed by atoms with Crippen LogP contribution in [-0.2, 0) is 5.41 Å². The van der Waals surface area contributed by atoms with E-state index in [-0.39, 0.29) is 17.8 Å². The molecule has 2 rings (SSSR count). The molecular formula is C17H19BrO2S. The molecule has 0 radical (unpaired) electrons. The zero-order chi connectivity index (χ0) is 15.6. The van der Waals surface area contributed by atoms with Crippen molar-refractivity contribution in [1.82, 2.24) is 0 Å². The van der Waals surface area contributed by atoms with Gasteiger partial charge in [0.15, 0.2) is 6.61 Å². The van der Waals surface area contributed by atoms with Gasteiger partial charge in [-0.3, -0.25) is 4.79 Å². The van der Waals surface area contributed by atoms with Gasteiger partial charge in [0.1, 0.15) is 5.75 Å². The van der Waals surface area contributed by atoms with Crippen LogP contribution < -0.4 is 4.74 Å². The van der Waals surface area contributed by atoms with Gasteiger partial charge in [0.05, 0.1) is 8.66 Å². The van der Waals surface area contributed by atoms with E-state index in [0.29, 0.717) is 4.88 Å². The fraction of sp³-hybridized carbons (Fsp3) is 0.353. The third-order valence-corrected chi connectivity index (χ3v) is 4.82. The Kier molecular flexibility index (Phi) is 4.89. The van der Waals surface area contributed by atoms with Gasteiger partial charge in [-0.2, -0.15) is 0 Å². The van der Waals surface area contributed by atoms with E-state index in [1.807, 2.05) is 25.1 Å². The van der Waals surface area contributed by atoms with Crippen molar-refractivity contribution in [3.05, 3.63) is 50.1 Å². The summed E-state index contributed by atoms with van der Waals surface area (Å²) in [5.41, 5.74) is 2.23. The summed E-state index contributed by atoms with van der Waals surface area (Å²) in [7, 11) is 0. The average Bonchev–Trinajstić information content (AvgIpc) is 2.81. The highest BCUT2D eigenvalue weighted by Gasteiger charge is 2.20. The lowest BCUT2D eigenvalue weighted by atomic mass is 9.86. The minimum Gasteiger partial charge on any atom is -0.485 e. The molecule has 21 heavy (non-hydrogen) atoms. The molecule has 0 aliphatic rings. The van der Waals surface area contributed by atoms with Crippen molar-refractivity contribution >= 4 is 33.0 Å². The first-order valence-electron chi connectivity index (χ1n) is 6.80. The van der Waals surface area contributed by atoms with Crippen LogP contribution in [0.4, 0.5) is 0 Å². The summed E-state index contributed by atoms with van der Waals surface area (Å²) in [5, 5.41) is 0. The monoisotopic (exact) mass is 366 g/mol. The summed E-state index contributed by atoms with van der Waals surface area (Å²) in [6.45, 7) is 8.52. The van der Waals surface area contributed by atoms with Crippen molar-refractivity contribution in [2.75, 3.05) is 6.61 Å². The molecule has 0 bridgehead atoms. The normalized spacial score (nSPS) is 11.5. The van der Waals surface area contributed by atoms with Crippen LogP contribution in [0.25, 0.3) is 0 Å². The number of carbonyl (C=O) groups is 1. The van der Waals surface area contributed by atoms with Crippen LogP contribution in [0.1, 0.15) is 41.6 Å². The lowest BCUT2D eigenvalue weighted by Gasteiger charge is -2.23. The number of halogens is 1. The molecule has 0 N–H and O–H groups in total. The Morgan fingerprint density at radius 1 is 1.24 bits per heavy atom. The van der Waals surface area contributed by atoms with E-state index in [2.05, 4.69) is 48.8 Å². The van der Waals surface area contributed by atoms with Crippen molar-refractivity contribution in [2.24, 2.45) is 0 Å². The first-order valence-corrected chi connectivity index (χ1v) is 8.41. The minimum atomic E-state index is -0.0158. The maximum atomic E-state index is 12.1. The van der Waals surface area contributed by atoms with Crippen LogP contribution in [0.3, 0.4) is 0 Å². The molecule has 1 aromatic heterocycles. The van der Waals surface area contributed by atoms with Crippen LogP contribution in [0, 0.1) is 6.92 Å². The molecule has 2 aromatic rings. The molecule has 4 heteroatoms. The van der Waals surface area contributed by atoms with E-state index in [0.717, 1.165) is 20.7 Å². The first-order chi connectivity index (χ1) is 9.77. The number of carbonyl (C=O) groups excluding carboxylic acids is 1. The highest BCUT2D eigenvalue weighted by molar-refractivity contribution is 9.11. The van der Waals surface area contributed by atoms with Crippen LogP contribution in [0.2, 0.25) is 0 Å². The molecule has 0 aliphatic heterocycles. The van der Waals surface area contributed by atoms with Gasteiger partial charge in [0.2, 0.25) is 5.78 Å². The van der Waals surface area contributed by atoms with Crippen molar-refractivity contribution in [3.63, 3.8) is 0 Å². The zero-order valence-electron chi connectivity index (χ0n) is 12.7. The van der Waals surface area contributed by atoms with Gasteiger partial charge in [-0.25, -0.2) is 0 Å². The van der Waals surface area contributed by atoms with E-state index >= 15 is 0 Å². The van der Waals surface area contributed by atoms with Gasteiger partial charge in [-0.15, -0.1) is 11.3 Å². The topological polar surface area (TPSA) is 26.3 Å². The van der Waals surface area contributed by atoms with E-state index < -0.39 is 0 Å². The molecule has 0 aliphatic carbocycles. The Balaban J connectivity index is 2.16. The fourth-order valence-electron chi connectivity index (χ4n) is 2.05. The van der Waals surface area contributed by atoms with E-state index in [4.69, 9.17) is 4.74 Å².